The summed E-state index contributed by atoms with van der Waals surface area (Å²) < 4.78 is 0. The zero-order chi connectivity index (χ0) is 11.8. The van der Waals surface area contributed by atoms with Gasteiger partial charge < -0.3 is 5.11 Å². The minimum absolute atomic E-state index is 0.263. The van der Waals surface area contributed by atoms with Gasteiger partial charge in [-0.25, -0.2) is 4.79 Å². The standard InChI is InChI=1S/C12H8N2O2S/c15-12(16)7-3-4-8-9(6-7)13-14-11(8)10-2-1-5-17-10/h1-6H,(H,13,14)(H,15,16). The summed E-state index contributed by atoms with van der Waals surface area (Å²) >= 11 is 1.61. The lowest BCUT2D eigenvalue weighted by molar-refractivity contribution is 0.0697. The van der Waals surface area contributed by atoms with E-state index >= 15 is 0 Å². The van der Waals surface area contributed by atoms with Crippen LogP contribution in [0.4, 0.5) is 0 Å². The second kappa shape index (κ2) is 3.71. The summed E-state index contributed by atoms with van der Waals surface area (Å²) in [5, 5.41) is 18.9. The van der Waals surface area contributed by atoms with Gasteiger partial charge in [0.25, 0.3) is 0 Å². The molecule has 0 radical (unpaired) electrons. The summed E-state index contributed by atoms with van der Waals surface area (Å²) in [6.07, 6.45) is 0. The van der Waals surface area contributed by atoms with Crippen molar-refractivity contribution in [3.05, 3.63) is 41.3 Å². The lowest BCUT2D eigenvalue weighted by Crippen LogP contribution is -1.94. The summed E-state index contributed by atoms with van der Waals surface area (Å²) in [5.74, 6) is -0.931. The predicted molar refractivity (Wildman–Crippen MR) is 66.4 cm³/mol. The highest BCUT2D eigenvalue weighted by Crippen LogP contribution is 2.29. The number of nitrogens with zero attached hydrogens (tertiary/aromatic N) is 1. The smallest absolute Gasteiger partial charge is 0.335 e. The van der Waals surface area contributed by atoms with Crippen molar-refractivity contribution in [1.82, 2.24) is 10.2 Å². The van der Waals surface area contributed by atoms with Crippen molar-refractivity contribution in [2.45, 2.75) is 0 Å². The number of carbonyl (C=O) groups is 1. The van der Waals surface area contributed by atoms with E-state index in [1.54, 1.807) is 29.5 Å². The van der Waals surface area contributed by atoms with E-state index in [9.17, 15) is 4.79 Å². The van der Waals surface area contributed by atoms with Crippen molar-refractivity contribution in [3.63, 3.8) is 0 Å². The predicted octanol–water partition coefficient (Wildman–Crippen LogP) is 2.99. The van der Waals surface area contributed by atoms with E-state index < -0.39 is 5.97 Å². The molecular weight excluding hydrogens is 236 g/mol. The normalized spacial score (nSPS) is 10.8. The molecule has 84 valence electrons. The maximum Gasteiger partial charge on any atom is 0.335 e. The molecule has 2 aromatic heterocycles. The van der Waals surface area contributed by atoms with Crippen LogP contribution in [0.5, 0.6) is 0 Å². The molecule has 17 heavy (non-hydrogen) atoms. The molecule has 0 fully saturated rings. The van der Waals surface area contributed by atoms with E-state index in [1.165, 1.54) is 0 Å². The quantitative estimate of drug-likeness (QED) is 0.728. The minimum atomic E-state index is -0.931. The largest absolute Gasteiger partial charge is 0.478 e. The Morgan fingerprint density at radius 1 is 1.35 bits per heavy atom. The number of thiophene rings is 1. The third kappa shape index (κ3) is 1.60. The summed E-state index contributed by atoms with van der Waals surface area (Å²) in [6.45, 7) is 0. The lowest BCUT2D eigenvalue weighted by Gasteiger charge is -1.95. The van der Waals surface area contributed by atoms with Gasteiger partial charge in [0.1, 0.15) is 5.69 Å². The first-order chi connectivity index (χ1) is 8.25. The van der Waals surface area contributed by atoms with Crippen LogP contribution in [0.25, 0.3) is 21.5 Å². The molecule has 0 saturated carbocycles. The zero-order valence-electron chi connectivity index (χ0n) is 8.68. The van der Waals surface area contributed by atoms with E-state index in [2.05, 4.69) is 10.2 Å². The van der Waals surface area contributed by atoms with Gasteiger partial charge in [-0.05, 0) is 29.6 Å². The van der Waals surface area contributed by atoms with Crippen LogP contribution in [0.2, 0.25) is 0 Å². The maximum absolute atomic E-state index is 10.8. The second-order valence-corrected chi connectivity index (χ2v) is 4.56. The number of benzene rings is 1. The fraction of sp³-hybridized carbons (Fsp3) is 0. The fourth-order valence-electron chi connectivity index (χ4n) is 1.75. The van der Waals surface area contributed by atoms with Crippen LogP contribution in [0, 0.1) is 0 Å². The molecule has 0 amide bonds. The van der Waals surface area contributed by atoms with Crippen molar-refractivity contribution >= 4 is 28.2 Å². The highest BCUT2D eigenvalue weighted by atomic mass is 32.1. The van der Waals surface area contributed by atoms with Crippen molar-refractivity contribution in [2.24, 2.45) is 0 Å². The Hall–Kier alpha value is -2.14. The van der Waals surface area contributed by atoms with E-state index in [0.29, 0.717) is 0 Å². The molecule has 1 aromatic carbocycles. The molecule has 5 heteroatoms. The van der Waals surface area contributed by atoms with Gasteiger partial charge in [-0.3, -0.25) is 5.10 Å². The summed E-state index contributed by atoms with van der Waals surface area (Å²) in [6, 6.07) is 8.94. The Morgan fingerprint density at radius 3 is 2.94 bits per heavy atom. The Kier molecular flexibility index (Phi) is 2.19. The molecule has 0 atom stereocenters. The molecular formula is C12H8N2O2S. The van der Waals surface area contributed by atoms with Crippen LogP contribution >= 0.6 is 11.3 Å². The molecule has 0 saturated heterocycles. The number of fused-ring (bicyclic) bond motifs is 1. The topological polar surface area (TPSA) is 66.0 Å². The fourth-order valence-corrected chi connectivity index (χ4v) is 2.48. The number of hydrogen-bond donors (Lipinski definition) is 2. The molecule has 4 nitrogen and oxygen atoms in total. The van der Waals surface area contributed by atoms with Gasteiger partial charge in [-0.1, -0.05) is 6.07 Å². The van der Waals surface area contributed by atoms with Crippen LogP contribution in [-0.2, 0) is 0 Å². The number of carboxylic acid groups (broad SMARTS) is 1. The van der Waals surface area contributed by atoms with E-state index in [-0.39, 0.29) is 5.56 Å². The van der Waals surface area contributed by atoms with Crippen molar-refractivity contribution in [2.75, 3.05) is 0 Å². The van der Waals surface area contributed by atoms with Gasteiger partial charge in [0, 0.05) is 5.39 Å². The zero-order valence-corrected chi connectivity index (χ0v) is 9.49. The molecule has 0 spiro atoms. The van der Waals surface area contributed by atoms with Crippen LogP contribution in [0.1, 0.15) is 10.4 Å². The van der Waals surface area contributed by atoms with Gasteiger partial charge in [0.05, 0.1) is 16.0 Å². The highest BCUT2D eigenvalue weighted by Gasteiger charge is 2.11. The summed E-state index contributed by atoms with van der Waals surface area (Å²) in [7, 11) is 0. The average molecular weight is 244 g/mol. The third-order valence-electron chi connectivity index (χ3n) is 2.56. The SMILES string of the molecule is O=C(O)c1ccc2c(-c3cccs3)n[nH]c2c1. The van der Waals surface area contributed by atoms with E-state index in [1.807, 2.05) is 17.5 Å². The van der Waals surface area contributed by atoms with E-state index in [0.717, 1.165) is 21.5 Å². The molecule has 3 rings (SSSR count). The number of carboxylic acids is 1. The van der Waals surface area contributed by atoms with Crippen molar-refractivity contribution in [3.8, 4) is 10.6 Å². The number of aromatic nitrogens is 2. The Labute approximate surface area is 101 Å². The average Bonchev–Trinajstić information content (AvgIpc) is 2.96. The first-order valence-electron chi connectivity index (χ1n) is 5.01. The summed E-state index contributed by atoms with van der Waals surface area (Å²) in [5.41, 5.74) is 1.87. The van der Waals surface area contributed by atoms with Gasteiger partial charge in [0.15, 0.2) is 0 Å². The lowest BCUT2D eigenvalue weighted by atomic mass is 10.1. The molecule has 0 aliphatic rings. The highest BCUT2D eigenvalue weighted by molar-refractivity contribution is 7.13. The number of nitrogens with one attached hydrogen (secondary N) is 1. The Morgan fingerprint density at radius 2 is 2.24 bits per heavy atom. The first-order valence-corrected chi connectivity index (χ1v) is 5.89. The number of aromatic carboxylic acids is 1. The molecule has 3 aromatic rings. The monoisotopic (exact) mass is 244 g/mol. The first kappa shape index (κ1) is 10.0. The summed E-state index contributed by atoms with van der Waals surface area (Å²) in [4.78, 5) is 11.9. The van der Waals surface area contributed by atoms with Crippen LogP contribution < -0.4 is 0 Å². The van der Waals surface area contributed by atoms with Crippen LogP contribution in [0.15, 0.2) is 35.7 Å². The van der Waals surface area contributed by atoms with E-state index in [4.69, 9.17) is 5.11 Å². The number of rotatable bonds is 2. The third-order valence-corrected chi connectivity index (χ3v) is 3.44. The molecule has 0 bridgehead atoms. The second-order valence-electron chi connectivity index (χ2n) is 3.62. The van der Waals surface area contributed by atoms with Crippen molar-refractivity contribution < 1.29 is 9.90 Å². The molecule has 2 N–H and O–H groups in total. The van der Waals surface area contributed by atoms with Gasteiger partial charge in [-0.2, -0.15) is 5.10 Å². The molecule has 0 unspecified atom stereocenters. The maximum atomic E-state index is 10.8. The number of aromatic amines is 1. The minimum Gasteiger partial charge on any atom is -0.478 e. The molecule has 0 aliphatic carbocycles. The number of H-pyrrole nitrogens is 1. The van der Waals surface area contributed by atoms with Crippen molar-refractivity contribution in [1.29, 1.82) is 0 Å². The van der Waals surface area contributed by atoms with Gasteiger partial charge in [-0.15, -0.1) is 11.3 Å². The van der Waals surface area contributed by atoms with Crippen LogP contribution in [-0.4, -0.2) is 21.3 Å². The Bertz CT molecular complexity index is 686. The molecule has 0 aliphatic heterocycles. The van der Waals surface area contributed by atoms with Gasteiger partial charge in [0.2, 0.25) is 0 Å². The molecule has 2 heterocycles. The van der Waals surface area contributed by atoms with Crippen LogP contribution in [0.3, 0.4) is 0 Å². The Balaban J connectivity index is 2.21. The van der Waals surface area contributed by atoms with Gasteiger partial charge >= 0.3 is 5.97 Å². The number of hydrogen-bond acceptors (Lipinski definition) is 3.